The molecule has 0 unspecified atom stereocenters. The fourth-order valence-electron chi connectivity index (χ4n) is 1.88. The highest BCUT2D eigenvalue weighted by molar-refractivity contribution is 5.74. The molecule has 5 nitrogen and oxygen atoms in total. The molecule has 0 heterocycles. The highest BCUT2D eigenvalue weighted by atomic mass is 19.1. The van der Waals surface area contributed by atoms with E-state index in [1.165, 1.54) is 12.1 Å². The molecule has 6 heteroatoms. The molecule has 1 saturated carbocycles. The van der Waals surface area contributed by atoms with Crippen LogP contribution in [0.3, 0.4) is 0 Å². The number of benzene rings is 1. The minimum atomic E-state index is -0.707. The Hall–Kier alpha value is -1.82. The molecule has 0 saturated heterocycles. The summed E-state index contributed by atoms with van der Waals surface area (Å²) >= 11 is 0. The van der Waals surface area contributed by atoms with Crippen molar-refractivity contribution in [2.45, 2.75) is 25.4 Å². The van der Waals surface area contributed by atoms with Gasteiger partial charge in [-0.25, -0.2) is 9.18 Å². The van der Waals surface area contributed by atoms with Gasteiger partial charge in [-0.2, -0.15) is 0 Å². The number of carbonyl (C=O) groups is 1. The van der Waals surface area contributed by atoms with Crippen molar-refractivity contribution in [3.63, 3.8) is 0 Å². The minimum absolute atomic E-state index is 0.0717. The fraction of sp³-hybridized carbons (Fsp3) is 0.462. The van der Waals surface area contributed by atoms with Crippen molar-refractivity contribution >= 4 is 6.03 Å². The third-order valence-corrected chi connectivity index (χ3v) is 3.05. The summed E-state index contributed by atoms with van der Waals surface area (Å²) in [5.41, 5.74) is 0.573. The summed E-state index contributed by atoms with van der Waals surface area (Å²) in [6.07, 6.45) is 1.92. The van der Waals surface area contributed by atoms with Crippen LogP contribution in [0.15, 0.2) is 18.2 Å². The first-order chi connectivity index (χ1) is 9.11. The normalized spacial score (nSPS) is 14.2. The second kappa shape index (κ2) is 5.88. The van der Waals surface area contributed by atoms with E-state index in [9.17, 15) is 9.18 Å². The molecule has 1 aliphatic rings. The van der Waals surface area contributed by atoms with E-state index < -0.39 is 11.6 Å². The zero-order chi connectivity index (χ0) is 13.8. The Morgan fingerprint density at radius 1 is 1.47 bits per heavy atom. The lowest BCUT2D eigenvalue weighted by Gasteiger charge is -2.21. The molecule has 3 N–H and O–H groups in total. The molecular weight excluding hydrogens is 251 g/mol. The van der Waals surface area contributed by atoms with Gasteiger partial charge in [0.1, 0.15) is 0 Å². The monoisotopic (exact) mass is 268 g/mol. The molecule has 19 heavy (non-hydrogen) atoms. The number of aliphatic hydroxyl groups excluding tert-OH is 1. The van der Waals surface area contributed by atoms with Gasteiger partial charge in [-0.1, -0.05) is 6.07 Å². The lowest BCUT2D eigenvalue weighted by atomic mass is 10.2. The molecular formula is C13H17FN2O3. The number of nitrogens with zero attached hydrogens (tertiary/aromatic N) is 1. The van der Waals surface area contributed by atoms with E-state index >= 15 is 0 Å². The highest BCUT2D eigenvalue weighted by Crippen LogP contribution is 2.26. The molecule has 1 aromatic rings. The van der Waals surface area contributed by atoms with Gasteiger partial charge in [0, 0.05) is 19.1 Å². The van der Waals surface area contributed by atoms with Crippen LogP contribution < -0.4 is 5.32 Å². The van der Waals surface area contributed by atoms with Gasteiger partial charge in [-0.15, -0.1) is 0 Å². The molecule has 1 aliphatic carbocycles. The molecule has 0 aromatic heterocycles. The predicted molar refractivity (Wildman–Crippen MR) is 67.1 cm³/mol. The summed E-state index contributed by atoms with van der Waals surface area (Å²) in [7, 11) is 0. The van der Waals surface area contributed by atoms with Gasteiger partial charge in [0.05, 0.1) is 6.61 Å². The SMILES string of the molecule is O=C(NCc1ccc(O)c(F)c1)N(CCO)C1CC1. The van der Waals surface area contributed by atoms with Crippen LogP contribution in [-0.2, 0) is 6.54 Å². The van der Waals surface area contributed by atoms with Gasteiger partial charge in [0.2, 0.25) is 0 Å². The number of phenols is 1. The summed E-state index contributed by atoms with van der Waals surface area (Å²) in [6, 6.07) is 3.94. The van der Waals surface area contributed by atoms with Gasteiger partial charge in [0.25, 0.3) is 0 Å². The van der Waals surface area contributed by atoms with Crippen molar-refractivity contribution in [2.75, 3.05) is 13.2 Å². The Kier molecular flexibility index (Phi) is 4.21. The van der Waals surface area contributed by atoms with Crippen LogP contribution in [0.2, 0.25) is 0 Å². The zero-order valence-electron chi connectivity index (χ0n) is 10.5. The van der Waals surface area contributed by atoms with Gasteiger partial charge in [-0.05, 0) is 30.5 Å². The first kappa shape index (κ1) is 13.6. The number of hydrogen-bond acceptors (Lipinski definition) is 3. The highest BCUT2D eigenvalue weighted by Gasteiger charge is 2.31. The number of aliphatic hydroxyl groups is 1. The maximum atomic E-state index is 13.1. The van der Waals surface area contributed by atoms with Gasteiger partial charge >= 0.3 is 6.03 Å². The fourth-order valence-corrected chi connectivity index (χ4v) is 1.88. The molecule has 0 bridgehead atoms. The first-order valence-electron chi connectivity index (χ1n) is 6.24. The van der Waals surface area contributed by atoms with E-state index in [4.69, 9.17) is 10.2 Å². The van der Waals surface area contributed by atoms with Crippen molar-refractivity contribution < 1.29 is 19.4 Å². The molecule has 1 fully saturated rings. The Labute approximate surface area is 110 Å². The van der Waals surface area contributed by atoms with Crippen molar-refractivity contribution in [2.24, 2.45) is 0 Å². The summed E-state index contributed by atoms with van der Waals surface area (Å²) in [5, 5.41) is 20.7. The van der Waals surface area contributed by atoms with Gasteiger partial charge < -0.3 is 20.4 Å². The Morgan fingerprint density at radius 2 is 2.21 bits per heavy atom. The largest absolute Gasteiger partial charge is 0.505 e. The lowest BCUT2D eigenvalue weighted by molar-refractivity contribution is 0.173. The quantitative estimate of drug-likeness (QED) is 0.751. The molecule has 2 rings (SSSR count). The van der Waals surface area contributed by atoms with Crippen LogP contribution in [-0.4, -0.2) is 40.3 Å². The lowest BCUT2D eigenvalue weighted by Crippen LogP contribution is -2.42. The number of hydrogen-bond donors (Lipinski definition) is 3. The molecule has 104 valence electrons. The maximum absolute atomic E-state index is 13.1. The van der Waals surface area contributed by atoms with E-state index in [0.717, 1.165) is 12.8 Å². The Morgan fingerprint density at radius 3 is 2.79 bits per heavy atom. The van der Waals surface area contributed by atoms with Crippen LogP contribution >= 0.6 is 0 Å². The molecule has 2 amide bonds. The molecule has 0 spiro atoms. The molecule has 1 aromatic carbocycles. The average molecular weight is 268 g/mol. The van der Waals surface area contributed by atoms with E-state index in [1.807, 2.05) is 0 Å². The van der Waals surface area contributed by atoms with E-state index in [-0.39, 0.29) is 25.2 Å². The van der Waals surface area contributed by atoms with E-state index in [2.05, 4.69) is 5.32 Å². The van der Waals surface area contributed by atoms with Gasteiger partial charge in [0.15, 0.2) is 11.6 Å². The summed E-state index contributed by atoms with van der Waals surface area (Å²) in [6.45, 7) is 0.420. The number of phenolic OH excluding ortho intramolecular Hbond substituents is 1. The standard InChI is InChI=1S/C13H17FN2O3/c14-11-7-9(1-4-12(11)18)8-15-13(19)16(5-6-17)10-2-3-10/h1,4,7,10,17-18H,2-3,5-6,8H2,(H,15,19). The van der Waals surface area contributed by atoms with Gasteiger partial charge in [-0.3, -0.25) is 0 Å². The van der Waals surface area contributed by atoms with Crippen molar-refractivity contribution in [1.29, 1.82) is 0 Å². The Balaban J connectivity index is 1.89. The number of halogens is 1. The van der Waals surface area contributed by atoms with Crippen LogP contribution in [0, 0.1) is 5.82 Å². The number of carbonyl (C=O) groups excluding carboxylic acids is 1. The smallest absolute Gasteiger partial charge is 0.317 e. The number of urea groups is 1. The van der Waals surface area contributed by atoms with Crippen LogP contribution in [0.25, 0.3) is 0 Å². The average Bonchev–Trinajstić information content (AvgIpc) is 3.21. The Bertz CT molecular complexity index is 463. The summed E-state index contributed by atoms with van der Waals surface area (Å²) < 4.78 is 13.1. The topological polar surface area (TPSA) is 72.8 Å². The minimum Gasteiger partial charge on any atom is -0.505 e. The summed E-state index contributed by atoms with van der Waals surface area (Å²) in [5.74, 6) is -1.11. The first-order valence-corrected chi connectivity index (χ1v) is 6.24. The van der Waals surface area contributed by atoms with Crippen molar-refractivity contribution in [1.82, 2.24) is 10.2 Å². The predicted octanol–water partition coefficient (Wildman–Crippen LogP) is 1.20. The zero-order valence-corrected chi connectivity index (χ0v) is 10.5. The number of aromatic hydroxyl groups is 1. The van der Waals surface area contributed by atoms with E-state index in [1.54, 1.807) is 11.0 Å². The number of rotatable bonds is 5. The molecule has 0 aliphatic heterocycles. The molecule has 0 atom stereocenters. The second-order valence-corrected chi connectivity index (χ2v) is 4.59. The van der Waals surface area contributed by atoms with Crippen LogP contribution in [0.5, 0.6) is 5.75 Å². The summed E-state index contributed by atoms with van der Waals surface area (Å²) in [4.78, 5) is 13.5. The van der Waals surface area contributed by atoms with E-state index in [0.29, 0.717) is 12.1 Å². The maximum Gasteiger partial charge on any atom is 0.317 e. The number of nitrogens with one attached hydrogen (secondary N) is 1. The van der Waals surface area contributed by atoms with Crippen molar-refractivity contribution in [3.05, 3.63) is 29.6 Å². The third kappa shape index (κ3) is 3.57. The second-order valence-electron chi connectivity index (χ2n) is 4.59. The number of amides is 2. The van der Waals surface area contributed by atoms with Crippen LogP contribution in [0.4, 0.5) is 9.18 Å². The van der Waals surface area contributed by atoms with Crippen molar-refractivity contribution in [3.8, 4) is 5.75 Å². The molecule has 0 radical (unpaired) electrons. The third-order valence-electron chi connectivity index (χ3n) is 3.05. The van der Waals surface area contributed by atoms with Crippen LogP contribution in [0.1, 0.15) is 18.4 Å².